The van der Waals surface area contributed by atoms with E-state index >= 15 is 0 Å². The van der Waals surface area contributed by atoms with Gasteiger partial charge in [-0.05, 0) is 61.4 Å². The number of benzene rings is 2. The summed E-state index contributed by atoms with van der Waals surface area (Å²) in [4.78, 5) is 41.5. The minimum atomic E-state index is -0.803. The molecule has 1 N–H and O–H groups in total. The van der Waals surface area contributed by atoms with Crippen molar-refractivity contribution in [3.8, 4) is 0 Å². The third-order valence-corrected chi connectivity index (χ3v) is 4.72. The molecule has 8 heteroatoms. The Balaban J connectivity index is 1.88. The quantitative estimate of drug-likeness (QED) is 0.424. The lowest BCUT2D eigenvalue weighted by Crippen LogP contribution is -2.20. The number of nitrogens with one attached hydrogen (secondary N) is 1. The van der Waals surface area contributed by atoms with Gasteiger partial charge in [0.1, 0.15) is 17.0 Å². The molecule has 0 radical (unpaired) electrons. The third-order valence-electron chi connectivity index (χ3n) is 4.49. The van der Waals surface area contributed by atoms with Crippen molar-refractivity contribution in [1.29, 1.82) is 0 Å². The van der Waals surface area contributed by atoms with Gasteiger partial charge in [0.05, 0.1) is 12.8 Å². The molecular weight excluding hydrogens is 432 g/mol. The minimum absolute atomic E-state index is 0.0142. The van der Waals surface area contributed by atoms with Gasteiger partial charge < -0.3 is 14.5 Å². The summed E-state index contributed by atoms with van der Waals surface area (Å²) < 4.78 is 10.1. The van der Waals surface area contributed by atoms with Crippen LogP contribution in [0.5, 0.6) is 0 Å². The molecular formula is C24H21ClN2O5. The van der Waals surface area contributed by atoms with E-state index in [1.807, 2.05) is 32.0 Å². The third kappa shape index (κ3) is 5.70. The number of carbonyl (C=O) groups is 2. The summed E-state index contributed by atoms with van der Waals surface area (Å²) in [5.74, 6) is -1.20. The van der Waals surface area contributed by atoms with Crippen LogP contribution in [-0.2, 0) is 11.2 Å². The fraction of sp³-hybridized carbons (Fsp3) is 0.167. The van der Waals surface area contributed by atoms with Gasteiger partial charge in [0.2, 0.25) is 0 Å². The predicted molar refractivity (Wildman–Crippen MR) is 123 cm³/mol. The number of nitrogens with zero attached hydrogens (tertiary/aromatic N) is 1. The second-order valence-corrected chi connectivity index (χ2v) is 7.54. The lowest BCUT2D eigenvalue weighted by Gasteiger charge is -2.09. The zero-order valence-corrected chi connectivity index (χ0v) is 18.5. The first-order valence-electron chi connectivity index (χ1n) is 9.70. The lowest BCUT2D eigenvalue weighted by molar-refractivity contribution is 0.0595. The minimum Gasteiger partial charge on any atom is -0.465 e. The van der Waals surface area contributed by atoms with Crippen LogP contribution < -0.4 is 10.9 Å². The summed E-state index contributed by atoms with van der Waals surface area (Å²) in [6.07, 6.45) is 1.62. The van der Waals surface area contributed by atoms with Gasteiger partial charge in [-0.1, -0.05) is 23.7 Å². The molecule has 3 aromatic rings. The molecule has 0 bridgehead atoms. The van der Waals surface area contributed by atoms with E-state index in [0.717, 1.165) is 16.8 Å². The van der Waals surface area contributed by atoms with Crippen LogP contribution in [0.25, 0.3) is 0 Å². The van der Waals surface area contributed by atoms with Crippen LogP contribution in [-0.4, -0.2) is 25.2 Å². The molecule has 7 nitrogen and oxygen atoms in total. The number of hydrogen-bond donors (Lipinski definition) is 1. The van der Waals surface area contributed by atoms with E-state index in [9.17, 15) is 14.4 Å². The summed E-state index contributed by atoms with van der Waals surface area (Å²) in [6, 6.07) is 13.3. The van der Waals surface area contributed by atoms with Crippen molar-refractivity contribution in [2.45, 2.75) is 20.3 Å². The molecule has 3 rings (SSSR count). The van der Waals surface area contributed by atoms with Gasteiger partial charge in [-0.2, -0.15) is 0 Å². The average Bonchev–Trinajstić information content (AvgIpc) is 2.74. The number of carbonyl (C=O) groups excluding carboxylic acids is 2. The van der Waals surface area contributed by atoms with Gasteiger partial charge >= 0.3 is 11.6 Å². The number of hydrogen-bond acceptors (Lipinski definition) is 6. The van der Waals surface area contributed by atoms with E-state index in [4.69, 9.17) is 20.8 Å². The molecule has 0 spiro atoms. The smallest absolute Gasteiger partial charge is 0.359 e. The number of ether oxygens (including phenoxy) is 1. The Kier molecular flexibility index (Phi) is 7.22. The van der Waals surface area contributed by atoms with E-state index in [2.05, 4.69) is 10.3 Å². The molecule has 0 saturated carbocycles. The fourth-order valence-electron chi connectivity index (χ4n) is 3.11. The Morgan fingerprint density at radius 1 is 1.12 bits per heavy atom. The number of aryl methyl sites for hydroxylation is 2. The Morgan fingerprint density at radius 3 is 2.50 bits per heavy atom. The second kappa shape index (κ2) is 10.1. The van der Waals surface area contributed by atoms with Crippen LogP contribution >= 0.6 is 11.6 Å². The van der Waals surface area contributed by atoms with Crippen molar-refractivity contribution < 1.29 is 18.7 Å². The number of anilines is 1. The van der Waals surface area contributed by atoms with Gasteiger partial charge in [0, 0.05) is 23.2 Å². The first-order chi connectivity index (χ1) is 15.3. The standard InChI is InChI=1S/C24H21ClN2O5/c1-14-9-15(2)11-18(10-14)26-8-7-21-19(23(29)31-3)13-20(24(30)32-21)27-22(28)16-5-4-6-17(25)12-16/h4-6,8-13H,7H2,1-3H3,(H,27,28). The maximum Gasteiger partial charge on any atom is 0.359 e. The lowest BCUT2D eigenvalue weighted by atomic mass is 10.1. The number of esters is 1. The zero-order chi connectivity index (χ0) is 23.3. The molecule has 1 amide bonds. The second-order valence-electron chi connectivity index (χ2n) is 7.10. The average molecular weight is 453 g/mol. The Hall–Kier alpha value is -3.71. The van der Waals surface area contributed by atoms with Crippen LogP contribution in [0, 0.1) is 13.8 Å². The number of methoxy groups -OCH3 is 1. The highest BCUT2D eigenvalue weighted by Crippen LogP contribution is 2.18. The maximum absolute atomic E-state index is 12.5. The highest BCUT2D eigenvalue weighted by atomic mass is 35.5. The van der Waals surface area contributed by atoms with Gasteiger partial charge in [-0.3, -0.25) is 9.79 Å². The topological polar surface area (TPSA) is 98.0 Å². The van der Waals surface area contributed by atoms with Crippen molar-refractivity contribution in [3.05, 3.63) is 92.0 Å². The monoisotopic (exact) mass is 452 g/mol. The molecule has 0 atom stereocenters. The van der Waals surface area contributed by atoms with E-state index in [1.165, 1.54) is 19.2 Å². The summed E-state index contributed by atoms with van der Waals surface area (Å²) in [5.41, 5.74) is 2.15. The molecule has 164 valence electrons. The number of rotatable bonds is 6. The van der Waals surface area contributed by atoms with Crippen LogP contribution in [0.2, 0.25) is 5.02 Å². The summed E-state index contributed by atoms with van der Waals surface area (Å²) in [6.45, 7) is 3.94. The van der Waals surface area contributed by atoms with Crippen molar-refractivity contribution in [1.82, 2.24) is 0 Å². The molecule has 32 heavy (non-hydrogen) atoms. The highest BCUT2D eigenvalue weighted by Gasteiger charge is 2.19. The molecule has 1 heterocycles. The Bertz CT molecular complexity index is 1240. The molecule has 0 aliphatic carbocycles. The maximum atomic E-state index is 12.5. The van der Waals surface area contributed by atoms with E-state index in [-0.39, 0.29) is 29.0 Å². The van der Waals surface area contributed by atoms with Gasteiger partial charge in [0.15, 0.2) is 0 Å². The molecule has 0 saturated heterocycles. The summed E-state index contributed by atoms with van der Waals surface area (Å²) >= 11 is 5.91. The van der Waals surface area contributed by atoms with Crippen LogP contribution in [0.1, 0.15) is 37.6 Å². The van der Waals surface area contributed by atoms with Crippen LogP contribution in [0.4, 0.5) is 11.4 Å². The number of amides is 1. The largest absolute Gasteiger partial charge is 0.465 e. The van der Waals surface area contributed by atoms with Crippen molar-refractivity contribution in [2.75, 3.05) is 12.4 Å². The Morgan fingerprint density at radius 2 is 1.84 bits per heavy atom. The van der Waals surface area contributed by atoms with Crippen molar-refractivity contribution >= 4 is 41.1 Å². The normalized spacial score (nSPS) is 10.9. The first-order valence-corrected chi connectivity index (χ1v) is 10.1. The van der Waals surface area contributed by atoms with Crippen molar-refractivity contribution in [2.24, 2.45) is 4.99 Å². The molecule has 0 aliphatic rings. The van der Waals surface area contributed by atoms with Crippen LogP contribution in [0.15, 0.2) is 62.7 Å². The zero-order valence-electron chi connectivity index (χ0n) is 17.8. The summed E-state index contributed by atoms with van der Waals surface area (Å²) in [7, 11) is 1.21. The SMILES string of the molecule is COC(=O)c1cc(NC(=O)c2cccc(Cl)c2)c(=O)oc1CC=Nc1cc(C)cc(C)c1. The predicted octanol–water partition coefficient (Wildman–Crippen LogP) is 4.89. The molecule has 0 unspecified atom stereocenters. The first kappa shape index (κ1) is 23.0. The van der Waals surface area contributed by atoms with E-state index in [0.29, 0.717) is 5.02 Å². The van der Waals surface area contributed by atoms with E-state index < -0.39 is 17.5 Å². The van der Waals surface area contributed by atoms with Gasteiger partial charge in [-0.25, -0.2) is 9.59 Å². The highest BCUT2D eigenvalue weighted by molar-refractivity contribution is 6.31. The Labute approximate surface area is 189 Å². The number of aliphatic imine (C=N–C) groups is 1. The summed E-state index contributed by atoms with van der Waals surface area (Å²) in [5, 5.41) is 2.82. The van der Waals surface area contributed by atoms with Crippen molar-refractivity contribution in [3.63, 3.8) is 0 Å². The van der Waals surface area contributed by atoms with Gasteiger partial charge in [-0.15, -0.1) is 0 Å². The van der Waals surface area contributed by atoms with Gasteiger partial charge in [0.25, 0.3) is 5.91 Å². The molecule has 1 aromatic heterocycles. The van der Waals surface area contributed by atoms with E-state index in [1.54, 1.807) is 24.4 Å². The fourth-order valence-corrected chi connectivity index (χ4v) is 3.30. The molecule has 0 aliphatic heterocycles. The van der Waals surface area contributed by atoms with Crippen LogP contribution in [0.3, 0.4) is 0 Å². The molecule has 2 aromatic carbocycles. The molecule has 0 fully saturated rings. The number of halogens is 1.